The van der Waals surface area contributed by atoms with Gasteiger partial charge in [-0.2, -0.15) is 0 Å². The number of thioether (sulfide) groups is 1. The van der Waals surface area contributed by atoms with Gasteiger partial charge in [0.2, 0.25) is 5.91 Å². The second-order valence-electron chi connectivity index (χ2n) is 4.73. The van der Waals surface area contributed by atoms with Crippen molar-refractivity contribution in [2.45, 2.75) is 25.0 Å². The molecule has 2 rings (SSSR count). The van der Waals surface area contributed by atoms with E-state index in [1.807, 2.05) is 6.92 Å². The molecule has 0 aliphatic carbocycles. The summed E-state index contributed by atoms with van der Waals surface area (Å²) in [6.07, 6.45) is 0.779. The smallest absolute Gasteiger partial charge is 0.272 e. The third kappa shape index (κ3) is 4.71. The van der Waals surface area contributed by atoms with Crippen LogP contribution in [0.3, 0.4) is 0 Å². The molecule has 1 heterocycles. The number of hydrogen-bond donors (Lipinski definition) is 3. The Morgan fingerprint density at radius 3 is 2.79 bits per heavy atom. The molecule has 2 aromatic rings. The van der Waals surface area contributed by atoms with Gasteiger partial charge in [0.25, 0.3) is 5.91 Å². The molecule has 0 unspecified atom stereocenters. The third-order valence-corrected chi connectivity index (χ3v) is 4.60. The molecule has 10 heteroatoms. The van der Waals surface area contributed by atoms with E-state index in [2.05, 4.69) is 37.0 Å². The molecule has 24 heavy (non-hydrogen) atoms. The fourth-order valence-electron chi connectivity index (χ4n) is 1.84. The third-order valence-electron chi connectivity index (χ3n) is 2.94. The first-order valence-electron chi connectivity index (χ1n) is 7.14. The summed E-state index contributed by atoms with van der Waals surface area (Å²) in [6.45, 7) is 2.47. The van der Waals surface area contributed by atoms with E-state index in [1.54, 1.807) is 24.3 Å². The van der Waals surface area contributed by atoms with E-state index in [4.69, 9.17) is 0 Å². The minimum Gasteiger partial charge on any atom is -0.272 e. The van der Waals surface area contributed by atoms with E-state index in [0.29, 0.717) is 21.7 Å². The Balaban J connectivity index is 1.85. The lowest BCUT2D eigenvalue weighted by molar-refractivity contribution is -0.119. The van der Waals surface area contributed by atoms with Crippen LogP contribution >= 0.6 is 27.7 Å². The maximum Gasteiger partial charge on any atom is 0.343 e. The Morgan fingerprint density at radius 1 is 1.33 bits per heavy atom. The number of benzene rings is 1. The molecule has 8 nitrogen and oxygen atoms in total. The van der Waals surface area contributed by atoms with Crippen molar-refractivity contribution in [1.82, 2.24) is 25.6 Å². The van der Waals surface area contributed by atoms with Crippen LogP contribution in [0.5, 0.6) is 0 Å². The molecular weight excluding hydrogens is 398 g/mol. The quantitative estimate of drug-likeness (QED) is 0.488. The van der Waals surface area contributed by atoms with Gasteiger partial charge < -0.3 is 0 Å². The van der Waals surface area contributed by atoms with Crippen molar-refractivity contribution < 1.29 is 9.59 Å². The monoisotopic (exact) mass is 413 g/mol. The number of aromatic nitrogens is 3. The summed E-state index contributed by atoms with van der Waals surface area (Å²) in [5, 5.41) is 6.67. The number of carbonyl (C=O) groups excluding carboxylic acids is 2. The number of H-pyrrole nitrogens is 1. The van der Waals surface area contributed by atoms with E-state index in [0.717, 1.165) is 18.2 Å². The Bertz CT molecular complexity index is 789. The number of hydrazine groups is 1. The summed E-state index contributed by atoms with van der Waals surface area (Å²) in [7, 11) is 0. The largest absolute Gasteiger partial charge is 0.343 e. The molecule has 0 saturated heterocycles. The fourth-order valence-corrected chi connectivity index (χ4v) is 3.08. The molecule has 0 bridgehead atoms. The highest BCUT2D eigenvalue weighted by molar-refractivity contribution is 9.10. The maximum absolute atomic E-state index is 12.0. The van der Waals surface area contributed by atoms with Gasteiger partial charge in [-0.15, -0.1) is 5.10 Å². The van der Waals surface area contributed by atoms with Gasteiger partial charge in [0.1, 0.15) is 0 Å². The summed E-state index contributed by atoms with van der Waals surface area (Å²) in [5.74, 6) is -0.813. The van der Waals surface area contributed by atoms with Gasteiger partial charge in [0.05, 0.1) is 11.3 Å². The minimum atomic E-state index is -0.427. The van der Waals surface area contributed by atoms with Crippen LogP contribution in [0.25, 0.3) is 0 Å². The molecule has 0 aliphatic rings. The number of halogens is 1. The highest BCUT2D eigenvalue weighted by atomic mass is 79.9. The zero-order valence-electron chi connectivity index (χ0n) is 12.8. The molecule has 0 spiro atoms. The van der Waals surface area contributed by atoms with Crippen LogP contribution in [-0.2, 0) is 11.3 Å². The number of carbonyl (C=O) groups is 2. The van der Waals surface area contributed by atoms with Crippen LogP contribution in [0.1, 0.15) is 23.7 Å². The first-order valence-corrected chi connectivity index (χ1v) is 8.92. The highest BCUT2D eigenvalue weighted by Gasteiger charge is 2.13. The van der Waals surface area contributed by atoms with Crippen LogP contribution in [0, 0.1) is 0 Å². The van der Waals surface area contributed by atoms with Gasteiger partial charge >= 0.3 is 5.69 Å². The predicted octanol–water partition coefficient (Wildman–Crippen LogP) is 1.30. The average molecular weight is 414 g/mol. The Labute approximate surface area is 150 Å². The van der Waals surface area contributed by atoms with Gasteiger partial charge in [-0.05, 0) is 34.5 Å². The number of hydrogen-bond acceptors (Lipinski definition) is 5. The average Bonchev–Trinajstić information content (AvgIpc) is 2.92. The second-order valence-corrected chi connectivity index (χ2v) is 6.53. The van der Waals surface area contributed by atoms with E-state index >= 15 is 0 Å². The van der Waals surface area contributed by atoms with Crippen LogP contribution in [0.4, 0.5) is 0 Å². The number of amides is 2. The molecule has 0 aliphatic heterocycles. The van der Waals surface area contributed by atoms with Crippen molar-refractivity contribution in [3.8, 4) is 0 Å². The van der Waals surface area contributed by atoms with E-state index < -0.39 is 11.8 Å². The van der Waals surface area contributed by atoms with Crippen molar-refractivity contribution in [3.63, 3.8) is 0 Å². The zero-order chi connectivity index (χ0) is 17.5. The standard InChI is InChI=1S/C14H16BrN5O3S/c1-2-7-20-13(23)18-19-14(20)24-8-11(21)16-17-12(22)9-5-3-4-6-10(9)15/h3-6H,2,7-8H2,1H3,(H,16,21)(H,17,22)(H,18,23). The molecule has 0 fully saturated rings. The maximum atomic E-state index is 12.0. The molecular formula is C14H16BrN5O3S. The van der Waals surface area contributed by atoms with E-state index in [9.17, 15) is 14.4 Å². The van der Waals surface area contributed by atoms with Crippen LogP contribution in [0.15, 0.2) is 38.7 Å². The molecule has 3 N–H and O–H groups in total. The van der Waals surface area contributed by atoms with Crippen molar-refractivity contribution in [2.24, 2.45) is 0 Å². The number of rotatable bonds is 6. The van der Waals surface area contributed by atoms with Gasteiger partial charge in [0.15, 0.2) is 5.16 Å². The molecule has 1 aromatic carbocycles. The van der Waals surface area contributed by atoms with E-state index in [1.165, 1.54) is 4.57 Å². The number of aromatic amines is 1. The predicted molar refractivity (Wildman–Crippen MR) is 93.6 cm³/mol. The van der Waals surface area contributed by atoms with Gasteiger partial charge in [-0.1, -0.05) is 30.8 Å². The topological polar surface area (TPSA) is 109 Å². The fraction of sp³-hybridized carbons (Fsp3) is 0.286. The summed E-state index contributed by atoms with van der Waals surface area (Å²) >= 11 is 4.38. The van der Waals surface area contributed by atoms with Crippen LogP contribution in [0.2, 0.25) is 0 Å². The SMILES string of the molecule is CCCn1c(SCC(=O)NNC(=O)c2ccccc2Br)n[nH]c1=O. The van der Waals surface area contributed by atoms with Gasteiger partial charge in [-0.25, -0.2) is 9.89 Å². The molecule has 0 atom stereocenters. The van der Waals surface area contributed by atoms with Gasteiger partial charge in [0, 0.05) is 11.0 Å². The Hall–Kier alpha value is -2.07. The minimum absolute atomic E-state index is 0.0181. The normalized spacial score (nSPS) is 10.4. The first kappa shape index (κ1) is 18.3. The second kappa shape index (κ2) is 8.69. The van der Waals surface area contributed by atoms with E-state index in [-0.39, 0.29) is 11.4 Å². The summed E-state index contributed by atoms with van der Waals surface area (Å²) in [6, 6.07) is 6.88. The summed E-state index contributed by atoms with van der Waals surface area (Å²) in [5.41, 5.74) is 4.78. The number of nitrogens with one attached hydrogen (secondary N) is 3. The molecule has 1 aromatic heterocycles. The van der Waals surface area contributed by atoms with Gasteiger partial charge in [-0.3, -0.25) is 25.0 Å². The molecule has 128 valence electrons. The zero-order valence-corrected chi connectivity index (χ0v) is 15.2. The van der Waals surface area contributed by atoms with Crippen molar-refractivity contribution in [1.29, 1.82) is 0 Å². The molecule has 0 saturated carbocycles. The number of nitrogens with zero attached hydrogens (tertiary/aromatic N) is 2. The lowest BCUT2D eigenvalue weighted by atomic mass is 10.2. The molecule has 2 amide bonds. The highest BCUT2D eigenvalue weighted by Crippen LogP contribution is 2.15. The summed E-state index contributed by atoms with van der Waals surface area (Å²) < 4.78 is 2.10. The lowest BCUT2D eigenvalue weighted by Crippen LogP contribution is -2.42. The summed E-state index contributed by atoms with van der Waals surface area (Å²) in [4.78, 5) is 35.3. The van der Waals surface area contributed by atoms with Crippen LogP contribution < -0.4 is 16.5 Å². The first-order chi connectivity index (χ1) is 11.5. The van der Waals surface area contributed by atoms with Crippen molar-refractivity contribution >= 4 is 39.5 Å². The van der Waals surface area contributed by atoms with Crippen molar-refractivity contribution in [2.75, 3.05) is 5.75 Å². The molecule has 0 radical (unpaired) electrons. The van der Waals surface area contributed by atoms with Crippen LogP contribution in [-0.4, -0.2) is 32.3 Å². The van der Waals surface area contributed by atoms with Crippen molar-refractivity contribution in [3.05, 3.63) is 44.8 Å². The Morgan fingerprint density at radius 2 is 2.08 bits per heavy atom. The Kier molecular flexibility index (Phi) is 6.62. The lowest BCUT2D eigenvalue weighted by Gasteiger charge is -2.08.